The first-order valence-corrected chi connectivity index (χ1v) is 14.7. The lowest BCUT2D eigenvalue weighted by Gasteiger charge is -2.32. The van der Waals surface area contributed by atoms with Crippen molar-refractivity contribution in [1.29, 1.82) is 0 Å². The number of imidazole rings is 1. The maximum atomic E-state index is 14.7. The molecular formula is C33H35FN4O5. The zero-order chi connectivity index (χ0) is 29.9. The van der Waals surface area contributed by atoms with Gasteiger partial charge in [-0.1, -0.05) is 18.2 Å². The summed E-state index contributed by atoms with van der Waals surface area (Å²) in [6.45, 7) is 5.29. The lowest BCUT2D eigenvalue weighted by Crippen LogP contribution is -2.35. The van der Waals surface area contributed by atoms with Crippen LogP contribution in [0.15, 0.2) is 54.6 Å². The van der Waals surface area contributed by atoms with Crippen LogP contribution in [0.3, 0.4) is 0 Å². The summed E-state index contributed by atoms with van der Waals surface area (Å²) in [4.78, 5) is 35.9. The van der Waals surface area contributed by atoms with Crippen LogP contribution in [0.4, 0.5) is 4.39 Å². The Morgan fingerprint density at radius 3 is 2.56 bits per heavy atom. The Bertz CT molecular complexity index is 1640. The van der Waals surface area contributed by atoms with Crippen LogP contribution in [-0.2, 0) is 29.2 Å². The van der Waals surface area contributed by atoms with Gasteiger partial charge in [-0.3, -0.25) is 9.69 Å². The molecule has 2 fully saturated rings. The molecular weight excluding hydrogens is 551 g/mol. The SMILES string of the molecule is COC(=O)c1ccc2nc(CN3CCC(c4cccc(OCc5cccc(C(C)=O)c5F)n4)CC3)n(CC3CCO3)c2c1. The Morgan fingerprint density at radius 1 is 1.05 bits per heavy atom. The van der Waals surface area contributed by atoms with E-state index >= 15 is 0 Å². The van der Waals surface area contributed by atoms with E-state index in [9.17, 15) is 14.0 Å². The van der Waals surface area contributed by atoms with E-state index in [0.717, 1.165) is 61.5 Å². The summed E-state index contributed by atoms with van der Waals surface area (Å²) in [5.41, 5.74) is 3.62. The van der Waals surface area contributed by atoms with Crippen LogP contribution in [0.2, 0.25) is 0 Å². The smallest absolute Gasteiger partial charge is 0.337 e. The van der Waals surface area contributed by atoms with E-state index in [1.54, 1.807) is 24.3 Å². The third kappa shape index (κ3) is 6.30. The zero-order valence-electron chi connectivity index (χ0n) is 24.4. The van der Waals surface area contributed by atoms with Crippen LogP contribution in [0.1, 0.15) is 69.9 Å². The second kappa shape index (κ2) is 12.6. The van der Waals surface area contributed by atoms with E-state index in [1.165, 1.54) is 20.1 Å². The maximum absolute atomic E-state index is 14.7. The second-order valence-corrected chi connectivity index (χ2v) is 11.2. The van der Waals surface area contributed by atoms with Crippen molar-refractivity contribution >= 4 is 22.8 Å². The molecule has 2 aliphatic rings. The number of piperidine rings is 1. The second-order valence-electron chi connectivity index (χ2n) is 11.2. The van der Waals surface area contributed by atoms with E-state index in [-0.39, 0.29) is 35.9 Å². The molecule has 0 spiro atoms. The van der Waals surface area contributed by atoms with Gasteiger partial charge in [-0.05, 0) is 69.6 Å². The summed E-state index contributed by atoms with van der Waals surface area (Å²) < 4.78 is 33.3. The lowest BCUT2D eigenvalue weighted by atomic mass is 9.93. The average molecular weight is 587 g/mol. The fourth-order valence-electron chi connectivity index (χ4n) is 5.81. The first-order valence-electron chi connectivity index (χ1n) is 14.7. The molecule has 0 N–H and O–H groups in total. The van der Waals surface area contributed by atoms with E-state index in [2.05, 4.69) is 9.47 Å². The topological polar surface area (TPSA) is 95.8 Å². The largest absolute Gasteiger partial charge is 0.473 e. The summed E-state index contributed by atoms with van der Waals surface area (Å²) in [6, 6.07) is 16.0. The molecule has 4 aromatic rings. The standard InChI is InChI=1S/C33H35FN4O5/c1-21(39)26-6-3-5-24(32(26)34)20-43-31-8-4-7-27(36-31)22-11-14-37(15-12-22)19-30-35-28-10-9-23(33(40)41-2)17-29(28)38(30)18-25-13-16-42-25/h3-10,17,22,25H,11-16,18-20H2,1-2H3. The third-order valence-electron chi connectivity index (χ3n) is 8.38. The number of rotatable bonds is 10. The fraction of sp³-hybridized carbons (Fsp3) is 0.394. The van der Waals surface area contributed by atoms with Crippen molar-refractivity contribution in [3.63, 3.8) is 0 Å². The van der Waals surface area contributed by atoms with Gasteiger partial charge in [-0.15, -0.1) is 0 Å². The summed E-state index contributed by atoms with van der Waals surface area (Å²) >= 11 is 0. The highest BCUT2D eigenvalue weighted by Gasteiger charge is 2.26. The van der Waals surface area contributed by atoms with Crippen LogP contribution >= 0.6 is 0 Å². The highest BCUT2D eigenvalue weighted by atomic mass is 19.1. The number of ketones is 1. The maximum Gasteiger partial charge on any atom is 0.337 e. The quantitative estimate of drug-likeness (QED) is 0.182. The molecule has 0 aliphatic carbocycles. The van der Waals surface area contributed by atoms with Gasteiger partial charge in [0.15, 0.2) is 5.78 Å². The van der Waals surface area contributed by atoms with Crippen LogP contribution < -0.4 is 4.74 Å². The van der Waals surface area contributed by atoms with Crippen LogP contribution in [-0.4, -0.2) is 64.1 Å². The monoisotopic (exact) mass is 586 g/mol. The van der Waals surface area contributed by atoms with Crippen molar-refractivity contribution in [1.82, 2.24) is 19.4 Å². The number of halogens is 1. The molecule has 1 unspecified atom stereocenters. The Labute approximate surface area is 249 Å². The van der Waals surface area contributed by atoms with E-state index in [0.29, 0.717) is 30.1 Å². The first-order chi connectivity index (χ1) is 20.9. The van der Waals surface area contributed by atoms with E-state index in [4.69, 9.17) is 24.2 Å². The van der Waals surface area contributed by atoms with Crippen LogP contribution in [0.25, 0.3) is 11.0 Å². The highest BCUT2D eigenvalue weighted by molar-refractivity contribution is 5.94. The number of likely N-dealkylation sites (tertiary alicyclic amines) is 1. The summed E-state index contributed by atoms with van der Waals surface area (Å²) in [7, 11) is 1.39. The predicted molar refractivity (Wildman–Crippen MR) is 158 cm³/mol. The number of pyridine rings is 1. The minimum atomic E-state index is -0.545. The molecule has 0 radical (unpaired) electrons. The number of carbonyl (C=O) groups is 2. The number of hydrogen-bond donors (Lipinski definition) is 0. The number of hydrogen-bond acceptors (Lipinski definition) is 8. The van der Waals surface area contributed by atoms with Crippen molar-refractivity contribution < 1.29 is 28.2 Å². The zero-order valence-corrected chi connectivity index (χ0v) is 24.4. The molecule has 2 aromatic carbocycles. The molecule has 4 heterocycles. The molecule has 0 amide bonds. The molecule has 224 valence electrons. The Kier molecular flexibility index (Phi) is 8.49. The van der Waals surface area contributed by atoms with Gasteiger partial charge < -0.3 is 18.8 Å². The molecule has 2 saturated heterocycles. The van der Waals surface area contributed by atoms with Gasteiger partial charge >= 0.3 is 5.97 Å². The predicted octanol–water partition coefficient (Wildman–Crippen LogP) is 5.31. The number of methoxy groups -OCH3 is 1. The van der Waals surface area contributed by atoms with Crippen molar-refractivity contribution in [2.24, 2.45) is 0 Å². The minimum Gasteiger partial charge on any atom is -0.473 e. The molecule has 0 bridgehead atoms. The number of fused-ring (bicyclic) bond motifs is 1. The molecule has 0 saturated carbocycles. The molecule has 43 heavy (non-hydrogen) atoms. The third-order valence-corrected chi connectivity index (χ3v) is 8.38. The van der Waals surface area contributed by atoms with E-state index < -0.39 is 5.82 Å². The van der Waals surface area contributed by atoms with Crippen molar-refractivity contribution in [2.75, 3.05) is 26.8 Å². The number of benzene rings is 2. The molecule has 2 aliphatic heterocycles. The normalized spacial score (nSPS) is 17.5. The van der Waals surface area contributed by atoms with Crippen molar-refractivity contribution in [3.05, 3.63) is 88.6 Å². The van der Waals surface area contributed by atoms with Crippen molar-refractivity contribution in [3.8, 4) is 5.88 Å². The van der Waals surface area contributed by atoms with Gasteiger partial charge in [0.2, 0.25) is 5.88 Å². The number of carbonyl (C=O) groups excluding carboxylic acids is 2. The van der Waals surface area contributed by atoms with Gasteiger partial charge in [0, 0.05) is 29.8 Å². The van der Waals surface area contributed by atoms with Crippen molar-refractivity contribution in [2.45, 2.75) is 57.9 Å². The fourth-order valence-corrected chi connectivity index (χ4v) is 5.81. The number of esters is 1. The molecule has 9 nitrogen and oxygen atoms in total. The Hall–Kier alpha value is -4.15. The molecule has 2 aromatic heterocycles. The highest BCUT2D eigenvalue weighted by Crippen LogP contribution is 2.30. The Morgan fingerprint density at radius 2 is 1.84 bits per heavy atom. The van der Waals surface area contributed by atoms with Crippen LogP contribution in [0, 0.1) is 5.82 Å². The summed E-state index contributed by atoms with van der Waals surface area (Å²) in [6.07, 6.45) is 3.03. The van der Waals surface area contributed by atoms with Gasteiger partial charge in [0.25, 0.3) is 0 Å². The number of aromatic nitrogens is 3. The first kappa shape index (κ1) is 28.9. The average Bonchev–Trinajstić information content (AvgIpc) is 3.34. The number of Topliss-reactive ketones (excluding diaryl/α,β-unsaturated/α-hetero) is 1. The van der Waals surface area contributed by atoms with E-state index in [1.807, 2.05) is 24.3 Å². The molecule has 1 atom stereocenters. The minimum absolute atomic E-state index is 0.00410. The Balaban J connectivity index is 1.11. The lowest BCUT2D eigenvalue weighted by molar-refractivity contribution is -0.0592. The summed E-state index contributed by atoms with van der Waals surface area (Å²) in [5.74, 6) is 0.448. The number of nitrogens with zero attached hydrogens (tertiary/aromatic N) is 4. The molecule has 6 rings (SSSR count). The van der Waals surface area contributed by atoms with Gasteiger partial charge in [-0.25, -0.2) is 19.2 Å². The van der Waals surface area contributed by atoms with Gasteiger partial charge in [0.05, 0.1) is 48.5 Å². The summed E-state index contributed by atoms with van der Waals surface area (Å²) in [5, 5.41) is 0. The number of ether oxygens (including phenoxy) is 3. The van der Waals surface area contributed by atoms with Gasteiger partial charge in [0.1, 0.15) is 18.2 Å². The molecule has 10 heteroatoms. The van der Waals surface area contributed by atoms with Gasteiger partial charge in [-0.2, -0.15) is 0 Å². The van der Waals surface area contributed by atoms with Crippen LogP contribution in [0.5, 0.6) is 5.88 Å².